The van der Waals surface area contributed by atoms with Gasteiger partial charge in [0.2, 0.25) is 0 Å². The molecule has 4 nitrogen and oxygen atoms in total. The van der Waals surface area contributed by atoms with Crippen molar-refractivity contribution in [2.75, 3.05) is 6.61 Å². The Hall–Kier alpha value is -1.78. The van der Waals surface area contributed by atoms with E-state index in [1.54, 1.807) is 0 Å². The molecular weight excluding hydrogens is 268 g/mol. The topological polar surface area (TPSA) is 80.9 Å². The lowest BCUT2D eigenvalue weighted by molar-refractivity contribution is 0.275. The van der Waals surface area contributed by atoms with Gasteiger partial charge in [-0.25, -0.2) is 0 Å². The summed E-state index contributed by atoms with van der Waals surface area (Å²) in [5.74, 6) is 0.537. The Bertz CT molecular complexity index is 599. The van der Waals surface area contributed by atoms with E-state index in [0.29, 0.717) is 11.1 Å². The second-order valence-electron chi connectivity index (χ2n) is 5.73. The van der Waals surface area contributed by atoms with Crippen molar-refractivity contribution in [3.8, 4) is 5.75 Å². The molecule has 0 saturated carbocycles. The van der Waals surface area contributed by atoms with Gasteiger partial charge >= 0.3 is 0 Å². The highest BCUT2D eigenvalue weighted by Crippen LogP contribution is 2.31. The van der Waals surface area contributed by atoms with Gasteiger partial charge in [0.05, 0.1) is 13.2 Å². The molecule has 0 aromatic heterocycles. The minimum absolute atomic E-state index is 0.144. The number of benzene rings is 1. The first-order valence-corrected chi connectivity index (χ1v) is 7.09. The normalized spacial score (nSPS) is 18.9. The molecule has 0 fully saturated rings. The molecule has 0 amide bonds. The lowest BCUT2D eigenvalue weighted by Gasteiger charge is -2.22. The van der Waals surface area contributed by atoms with Gasteiger partial charge in [0.25, 0.3) is 0 Å². The summed E-state index contributed by atoms with van der Waals surface area (Å²) in [6.45, 7) is 3.32. The molecule has 1 aromatic rings. The Morgan fingerprint density at radius 2 is 1.81 bits per heavy atom. The maximum atomic E-state index is 9.87. The molecule has 4 N–H and O–H groups in total. The Morgan fingerprint density at radius 1 is 1.10 bits per heavy atom. The fraction of sp³-hybridized carbons (Fsp3) is 0.412. The van der Waals surface area contributed by atoms with Gasteiger partial charge in [-0.05, 0) is 55.4 Å². The van der Waals surface area contributed by atoms with E-state index < -0.39 is 0 Å². The van der Waals surface area contributed by atoms with Gasteiger partial charge in [0, 0.05) is 11.1 Å². The van der Waals surface area contributed by atoms with E-state index in [9.17, 15) is 20.4 Å². The van der Waals surface area contributed by atoms with E-state index in [-0.39, 0.29) is 30.6 Å². The first-order valence-electron chi connectivity index (χ1n) is 7.09. The Morgan fingerprint density at radius 3 is 2.43 bits per heavy atom. The van der Waals surface area contributed by atoms with Crippen LogP contribution >= 0.6 is 0 Å². The van der Waals surface area contributed by atoms with Crippen LogP contribution in [0.4, 0.5) is 0 Å². The van der Waals surface area contributed by atoms with E-state index in [0.717, 1.165) is 29.5 Å². The third kappa shape index (κ3) is 3.28. The molecule has 2 rings (SSSR count). The summed E-state index contributed by atoms with van der Waals surface area (Å²) in [5.41, 5.74) is 3.75. The maximum Gasteiger partial charge on any atom is 0.124 e. The molecule has 0 bridgehead atoms. The molecule has 1 aliphatic carbocycles. The lowest BCUT2D eigenvalue weighted by Crippen LogP contribution is -2.13. The number of hydrogen-bond acceptors (Lipinski definition) is 4. The number of allylic oxidation sites excluding steroid dienone is 2. The van der Waals surface area contributed by atoms with Gasteiger partial charge in [-0.15, -0.1) is 0 Å². The summed E-state index contributed by atoms with van der Waals surface area (Å²) in [6.07, 6.45) is 3.38. The summed E-state index contributed by atoms with van der Waals surface area (Å²) in [7, 11) is 0. The van der Waals surface area contributed by atoms with Crippen LogP contribution in [0, 0.1) is 12.8 Å². The molecular formula is C17H22O4. The zero-order valence-corrected chi connectivity index (χ0v) is 12.4. The minimum atomic E-state index is -0.192. The second kappa shape index (κ2) is 6.33. The molecule has 1 aliphatic rings. The first kappa shape index (κ1) is 15.6. The fourth-order valence-electron chi connectivity index (χ4n) is 2.92. The quantitative estimate of drug-likeness (QED) is 0.687. The Labute approximate surface area is 124 Å². The summed E-state index contributed by atoms with van der Waals surface area (Å²) in [4.78, 5) is 0. The smallest absolute Gasteiger partial charge is 0.124 e. The third-order valence-electron chi connectivity index (χ3n) is 3.99. The van der Waals surface area contributed by atoms with Gasteiger partial charge in [0.15, 0.2) is 0 Å². The van der Waals surface area contributed by atoms with Crippen LogP contribution in [0.15, 0.2) is 35.1 Å². The summed E-state index contributed by atoms with van der Waals surface area (Å²) >= 11 is 0. The number of aromatic hydroxyl groups is 1. The summed E-state index contributed by atoms with van der Waals surface area (Å²) in [5, 5.41) is 38.3. The highest BCUT2D eigenvalue weighted by molar-refractivity contribution is 5.43. The number of hydrogen-bond donors (Lipinski definition) is 4. The molecule has 0 heterocycles. The largest absolute Gasteiger partial charge is 0.508 e. The predicted molar refractivity (Wildman–Crippen MR) is 81.1 cm³/mol. The van der Waals surface area contributed by atoms with Crippen molar-refractivity contribution in [1.82, 2.24) is 0 Å². The molecule has 1 atom stereocenters. The monoisotopic (exact) mass is 290 g/mol. The third-order valence-corrected chi connectivity index (χ3v) is 3.99. The molecule has 0 spiro atoms. The average Bonchev–Trinajstić information content (AvgIpc) is 2.46. The van der Waals surface area contributed by atoms with Gasteiger partial charge in [-0.3, -0.25) is 0 Å². The van der Waals surface area contributed by atoms with Crippen LogP contribution in [0.1, 0.15) is 30.0 Å². The zero-order valence-electron chi connectivity index (χ0n) is 12.4. The molecule has 0 saturated heterocycles. The summed E-state index contributed by atoms with van der Waals surface area (Å²) in [6, 6.07) is 3.72. The molecule has 0 aliphatic heterocycles. The van der Waals surface area contributed by atoms with Crippen LogP contribution in [0.2, 0.25) is 0 Å². The minimum Gasteiger partial charge on any atom is -0.508 e. The van der Waals surface area contributed by atoms with Crippen LogP contribution in [-0.2, 0) is 13.0 Å². The second-order valence-corrected chi connectivity index (χ2v) is 5.73. The van der Waals surface area contributed by atoms with Crippen molar-refractivity contribution < 1.29 is 20.4 Å². The number of aryl methyl sites for hydroxylation is 1. The van der Waals surface area contributed by atoms with Crippen molar-refractivity contribution >= 4 is 0 Å². The Kier molecular flexibility index (Phi) is 4.70. The van der Waals surface area contributed by atoms with Crippen molar-refractivity contribution in [3.63, 3.8) is 0 Å². The number of rotatable bonds is 4. The van der Waals surface area contributed by atoms with Gasteiger partial charge in [0.1, 0.15) is 11.5 Å². The molecule has 21 heavy (non-hydrogen) atoms. The van der Waals surface area contributed by atoms with Crippen molar-refractivity contribution in [2.24, 2.45) is 5.92 Å². The zero-order chi connectivity index (χ0) is 15.6. The van der Waals surface area contributed by atoms with Crippen LogP contribution in [-0.4, -0.2) is 27.0 Å². The summed E-state index contributed by atoms with van der Waals surface area (Å²) < 4.78 is 0. The van der Waals surface area contributed by atoms with Gasteiger partial charge in [-0.1, -0.05) is 12.1 Å². The van der Waals surface area contributed by atoms with E-state index in [1.165, 1.54) is 0 Å². The molecule has 1 unspecified atom stereocenters. The average molecular weight is 290 g/mol. The highest BCUT2D eigenvalue weighted by Gasteiger charge is 2.20. The maximum absolute atomic E-state index is 9.87. The number of aliphatic hydroxyl groups is 3. The van der Waals surface area contributed by atoms with Crippen molar-refractivity contribution in [3.05, 3.63) is 51.8 Å². The van der Waals surface area contributed by atoms with E-state index in [2.05, 4.69) is 0 Å². The highest BCUT2D eigenvalue weighted by atomic mass is 16.3. The standard InChI is InChI=1S/C17H22O4/c1-10-3-12(6-14(8-18)16(10)20)5-13-4-11(2)17(21)15(7-13)9-19/h3,6-7,13,18-21H,4-5,8-9H2,1-2H3. The van der Waals surface area contributed by atoms with Gasteiger partial charge in [-0.2, -0.15) is 0 Å². The SMILES string of the molecule is CC1=C(O)C(CO)=CC(Cc2cc(C)c(O)c(CO)c2)C1. The molecule has 114 valence electrons. The van der Waals surface area contributed by atoms with E-state index in [1.807, 2.05) is 32.1 Å². The first-order chi connectivity index (χ1) is 9.96. The Balaban J connectivity index is 2.24. The molecule has 0 radical (unpaired) electrons. The number of aliphatic hydroxyl groups excluding tert-OH is 3. The van der Waals surface area contributed by atoms with Gasteiger partial charge < -0.3 is 20.4 Å². The predicted octanol–water partition coefficient (Wildman–Crippen LogP) is 2.51. The van der Waals surface area contributed by atoms with Crippen LogP contribution < -0.4 is 0 Å². The number of phenols is 1. The van der Waals surface area contributed by atoms with E-state index >= 15 is 0 Å². The van der Waals surface area contributed by atoms with Crippen LogP contribution in [0.3, 0.4) is 0 Å². The fourth-order valence-corrected chi connectivity index (χ4v) is 2.92. The molecule has 4 heteroatoms. The van der Waals surface area contributed by atoms with Crippen LogP contribution in [0.5, 0.6) is 5.75 Å². The lowest BCUT2D eigenvalue weighted by atomic mass is 9.85. The molecule has 1 aromatic carbocycles. The van der Waals surface area contributed by atoms with Crippen molar-refractivity contribution in [2.45, 2.75) is 33.3 Å². The van der Waals surface area contributed by atoms with Crippen LogP contribution in [0.25, 0.3) is 0 Å². The van der Waals surface area contributed by atoms with Crippen molar-refractivity contribution in [1.29, 1.82) is 0 Å². The van der Waals surface area contributed by atoms with E-state index in [4.69, 9.17) is 0 Å².